The lowest BCUT2D eigenvalue weighted by atomic mass is 9.45. The SMILES string of the molecule is COC(=O)[C@]12CC(C)(C)C[C@](C)(CC3=C1C(=O)/C(=N\N)C(C)(C)C3)C2. The van der Waals surface area contributed by atoms with Gasteiger partial charge in [-0.05, 0) is 42.9 Å². The number of Topliss-reactive ketones (excluding diaryl/α,β-unsaturated/α-hetero) is 1. The Kier molecular flexibility index (Phi) is 3.76. The fraction of sp³-hybridized carbons (Fsp3) is 0.750. The predicted molar refractivity (Wildman–Crippen MR) is 96.9 cm³/mol. The van der Waals surface area contributed by atoms with Crippen molar-refractivity contribution in [2.75, 3.05) is 7.11 Å². The van der Waals surface area contributed by atoms with Crippen LogP contribution in [0.2, 0.25) is 0 Å². The zero-order chi connectivity index (χ0) is 18.8. The van der Waals surface area contributed by atoms with Gasteiger partial charge in [0.1, 0.15) is 5.71 Å². The second-order valence-corrected chi connectivity index (χ2v) is 10.1. The zero-order valence-corrected chi connectivity index (χ0v) is 16.3. The summed E-state index contributed by atoms with van der Waals surface area (Å²) in [6.45, 7) is 10.6. The molecule has 2 atom stereocenters. The summed E-state index contributed by atoms with van der Waals surface area (Å²) in [4.78, 5) is 26.4. The molecule has 3 aliphatic rings. The molecule has 0 saturated heterocycles. The van der Waals surface area contributed by atoms with E-state index in [0.29, 0.717) is 24.1 Å². The van der Waals surface area contributed by atoms with Gasteiger partial charge < -0.3 is 10.6 Å². The molecular formula is C20H30N2O3. The molecule has 0 spiro atoms. The molecule has 0 aliphatic heterocycles. The number of allylic oxidation sites excluding steroid dienone is 1. The Morgan fingerprint density at radius 1 is 1.08 bits per heavy atom. The van der Waals surface area contributed by atoms with Gasteiger partial charge in [-0.1, -0.05) is 40.2 Å². The number of nitrogens with zero attached hydrogens (tertiary/aromatic N) is 1. The number of esters is 1. The van der Waals surface area contributed by atoms with E-state index in [1.165, 1.54) is 7.11 Å². The van der Waals surface area contributed by atoms with Crippen molar-refractivity contribution in [3.63, 3.8) is 0 Å². The van der Waals surface area contributed by atoms with Crippen LogP contribution >= 0.6 is 0 Å². The number of methoxy groups -OCH3 is 1. The topological polar surface area (TPSA) is 81.8 Å². The lowest BCUT2D eigenvalue weighted by molar-refractivity contribution is -0.161. The van der Waals surface area contributed by atoms with E-state index in [1.807, 2.05) is 13.8 Å². The normalized spacial score (nSPS) is 37.7. The Hall–Kier alpha value is -1.65. The van der Waals surface area contributed by atoms with Crippen LogP contribution in [0.25, 0.3) is 0 Å². The summed E-state index contributed by atoms with van der Waals surface area (Å²) < 4.78 is 5.23. The molecular weight excluding hydrogens is 316 g/mol. The first-order chi connectivity index (χ1) is 11.4. The Bertz CT molecular complexity index is 716. The van der Waals surface area contributed by atoms with Crippen LogP contribution in [0.1, 0.15) is 66.7 Å². The standard InChI is InChI=1S/C20H30N2O3/c1-17(2)9-19(5)8-12-7-18(3,4)15(22-21)14(23)13(12)20(10-17,11-19)16(24)25-6/h7-11,21H2,1-6H3/b22-15+/t19-,20-/m0/s1. The Morgan fingerprint density at radius 3 is 2.28 bits per heavy atom. The molecule has 5 heteroatoms. The van der Waals surface area contributed by atoms with Crippen LogP contribution in [0.3, 0.4) is 0 Å². The van der Waals surface area contributed by atoms with E-state index in [0.717, 1.165) is 24.8 Å². The first-order valence-corrected chi connectivity index (χ1v) is 9.04. The number of ketones is 1. The highest BCUT2D eigenvalue weighted by Gasteiger charge is 2.62. The van der Waals surface area contributed by atoms with Crippen molar-refractivity contribution >= 4 is 17.5 Å². The molecule has 138 valence electrons. The third kappa shape index (κ3) is 2.54. The van der Waals surface area contributed by atoms with Gasteiger partial charge in [0.25, 0.3) is 0 Å². The van der Waals surface area contributed by atoms with Crippen molar-refractivity contribution in [2.24, 2.45) is 32.6 Å². The number of ether oxygens (including phenoxy) is 1. The number of hydrazone groups is 1. The van der Waals surface area contributed by atoms with Gasteiger partial charge in [-0.25, -0.2) is 0 Å². The number of fused-ring (bicyclic) bond motifs is 3. The number of hydrogen-bond acceptors (Lipinski definition) is 5. The molecule has 0 heterocycles. The summed E-state index contributed by atoms with van der Waals surface area (Å²) >= 11 is 0. The van der Waals surface area contributed by atoms with Crippen molar-refractivity contribution in [3.05, 3.63) is 11.1 Å². The van der Waals surface area contributed by atoms with E-state index in [-0.39, 0.29) is 22.6 Å². The lowest BCUT2D eigenvalue weighted by Crippen LogP contribution is -2.56. The van der Waals surface area contributed by atoms with Crippen LogP contribution in [0.15, 0.2) is 16.2 Å². The highest BCUT2D eigenvalue weighted by atomic mass is 16.5. The van der Waals surface area contributed by atoms with E-state index < -0.39 is 10.8 Å². The highest BCUT2D eigenvalue weighted by Crippen LogP contribution is 2.65. The van der Waals surface area contributed by atoms with Gasteiger partial charge in [0, 0.05) is 11.0 Å². The molecule has 2 bridgehead atoms. The van der Waals surface area contributed by atoms with Gasteiger partial charge >= 0.3 is 5.97 Å². The molecule has 1 fully saturated rings. The Balaban J connectivity index is 2.28. The third-order valence-electron chi connectivity index (χ3n) is 6.33. The number of carbonyl (C=O) groups is 2. The third-order valence-corrected chi connectivity index (χ3v) is 6.33. The predicted octanol–water partition coefficient (Wildman–Crippen LogP) is 3.38. The summed E-state index contributed by atoms with van der Waals surface area (Å²) in [5, 5.41) is 3.83. The second kappa shape index (κ2) is 5.18. The van der Waals surface area contributed by atoms with Crippen molar-refractivity contribution in [1.82, 2.24) is 0 Å². The molecule has 0 aromatic heterocycles. The maximum absolute atomic E-state index is 13.4. The van der Waals surface area contributed by atoms with E-state index in [4.69, 9.17) is 10.6 Å². The molecule has 0 aromatic carbocycles. The van der Waals surface area contributed by atoms with Crippen molar-refractivity contribution in [2.45, 2.75) is 66.7 Å². The number of carbonyl (C=O) groups excluding carboxylic acids is 2. The van der Waals surface area contributed by atoms with Gasteiger partial charge in [-0.3, -0.25) is 9.59 Å². The molecule has 3 aliphatic carbocycles. The fourth-order valence-electron chi connectivity index (χ4n) is 6.38. The van der Waals surface area contributed by atoms with Crippen LogP contribution < -0.4 is 5.84 Å². The monoisotopic (exact) mass is 346 g/mol. The summed E-state index contributed by atoms with van der Waals surface area (Å²) in [5.74, 6) is 5.14. The Labute approximate surface area is 150 Å². The molecule has 1 saturated carbocycles. The minimum absolute atomic E-state index is 0.00247. The minimum atomic E-state index is -0.873. The number of nitrogens with two attached hydrogens (primary N) is 1. The molecule has 25 heavy (non-hydrogen) atoms. The molecule has 0 amide bonds. The Morgan fingerprint density at radius 2 is 1.72 bits per heavy atom. The maximum atomic E-state index is 13.4. The molecule has 0 radical (unpaired) electrons. The average molecular weight is 346 g/mol. The summed E-state index contributed by atoms with van der Waals surface area (Å²) in [5.41, 5.74) is 0.809. The summed E-state index contributed by atoms with van der Waals surface area (Å²) in [7, 11) is 1.42. The largest absolute Gasteiger partial charge is 0.468 e. The zero-order valence-electron chi connectivity index (χ0n) is 16.3. The van der Waals surface area contributed by atoms with Crippen LogP contribution in [-0.2, 0) is 14.3 Å². The first kappa shape index (κ1) is 18.2. The fourth-order valence-corrected chi connectivity index (χ4v) is 6.38. The highest BCUT2D eigenvalue weighted by molar-refractivity contribution is 6.49. The molecule has 2 N–H and O–H groups in total. The van der Waals surface area contributed by atoms with Gasteiger partial charge in [0.2, 0.25) is 5.78 Å². The van der Waals surface area contributed by atoms with Crippen LogP contribution in [0.4, 0.5) is 0 Å². The number of hydrogen-bond donors (Lipinski definition) is 1. The van der Waals surface area contributed by atoms with Crippen LogP contribution in [0, 0.1) is 21.7 Å². The van der Waals surface area contributed by atoms with Crippen molar-refractivity contribution in [3.8, 4) is 0 Å². The van der Waals surface area contributed by atoms with E-state index in [2.05, 4.69) is 25.9 Å². The smallest absolute Gasteiger partial charge is 0.316 e. The van der Waals surface area contributed by atoms with Gasteiger partial charge in [-0.15, -0.1) is 0 Å². The quantitative estimate of drug-likeness (QED) is 0.448. The summed E-state index contributed by atoms with van der Waals surface area (Å²) in [6.07, 6.45) is 3.92. The van der Waals surface area contributed by atoms with Crippen LogP contribution in [-0.4, -0.2) is 24.6 Å². The van der Waals surface area contributed by atoms with Gasteiger partial charge in [0.15, 0.2) is 0 Å². The summed E-state index contributed by atoms with van der Waals surface area (Å²) in [6, 6.07) is 0. The maximum Gasteiger partial charge on any atom is 0.316 e. The average Bonchev–Trinajstić information content (AvgIpc) is 2.41. The van der Waals surface area contributed by atoms with Gasteiger partial charge in [0.05, 0.1) is 12.5 Å². The second-order valence-electron chi connectivity index (χ2n) is 10.1. The minimum Gasteiger partial charge on any atom is -0.468 e. The molecule has 3 rings (SSSR count). The van der Waals surface area contributed by atoms with E-state index in [9.17, 15) is 9.59 Å². The van der Waals surface area contributed by atoms with Crippen molar-refractivity contribution in [1.29, 1.82) is 0 Å². The van der Waals surface area contributed by atoms with Crippen LogP contribution in [0.5, 0.6) is 0 Å². The van der Waals surface area contributed by atoms with Gasteiger partial charge in [-0.2, -0.15) is 5.10 Å². The lowest BCUT2D eigenvalue weighted by Gasteiger charge is -2.57. The number of rotatable bonds is 1. The molecule has 5 nitrogen and oxygen atoms in total. The molecule has 0 unspecified atom stereocenters. The van der Waals surface area contributed by atoms with Crippen molar-refractivity contribution < 1.29 is 14.3 Å². The molecule has 0 aromatic rings. The first-order valence-electron chi connectivity index (χ1n) is 9.04. The van der Waals surface area contributed by atoms with E-state index >= 15 is 0 Å². The van der Waals surface area contributed by atoms with E-state index in [1.54, 1.807) is 0 Å².